The summed E-state index contributed by atoms with van der Waals surface area (Å²) < 4.78 is 5.19. The maximum Gasteiger partial charge on any atom is 0.141 e. The molecule has 0 amide bonds. The van der Waals surface area contributed by atoms with E-state index in [0.717, 1.165) is 31.9 Å². The summed E-state index contributed by atoms with van der Waals surface area (Å²) in [4.78, 5) is 10.7. The first-order valence-electron chi connectivity index (χ1n) is 6.05. The second-order valence-corrected chi connectivity index (χ2v) is 4.61. The van der Waals surface area contributed by atoms with E-state index < -0.39 is 0 Å². The molecule has 1 aromatic rings. The molecule has 0 radical (unpaired) electrons. The summed E-state index contributed by atoms with van der Waals surface area (Å²) in [5.41, 5.74) is 6.50. The van der Waals surface area contributed by atoms with Gasteiger partial charge in [0.1, 0.15) is 5.82 Å². The summed E-state index contributed by atoms with van der Waals surface area (Å²) in [5, 5.41) is 0. The highest BCUT2D eigenvalue weighted by Gasteiger charge is 2.19. The Bertz CT molecular complexity index is 333. The van der Waals surface area contributed by atoms with Crippen LogP contribution >= 0.6 is 0 Å². The second-order valence-electron chi connectivity index (χ2n) is 4.61. The number of piperidine rings is 1. The Morgan fingerprint density at radius 1 is 1.35 bits per heavy atom. The maximum absolute atomic E-state index is 5.51. The Morgan fingerprint density at radius 2 is 2.12 bits per heavy atom. The highest BCUT2D eigenvalue weighted by Crippen LogP contribution is 2.18. The maximum atomic E-state index is 5.51. The zero-order chi connectivity index (χ0) is 12.1. The van der Waals surface area contributed by atoms with Gasteiger partial charge in [0.2, 0.25) is 0 Å². The van der Waals surface area contributed by atoms with Gasteiger partial charge in [0.05, 0.1) is 18.1 Å². The highest BCUT2D eigenvalue weighted by atomic mass is 16.5. The number of hydrogen-bond donors (Lipinski definition) is 1. The van der Waals surface area contributed by atoms with E-state index in [1.807, 2.05) is 0 Å². The van der Waals surface area contributed by atoms with Crippen LogP contribution in [0, 0.1) is 5.92 Å². The number of nitrogens with two attached hydrogens (primary N) is 1. The molecule has 17 heavy (non-hydrogen) atoms. The van der Waals surface area contributed by atoms with Crippen LogP contribution in [0.4, 0.5) is 5.82 Å². The summed E-state index contributed by atoms with van der Waals surface area (Å²) in [5.74, 6) is 1.20. The lowest BCUT2D eigenvalue weighted by atomic mass is 9.98. The lowest BCUT2D eigenvalue weighted by Gasteiger charge is -2.31. The molecule has 1 fully saturated rings. The third-order valence-corrected chi connectivity index (χ3v) is 3.22. The zero-order valence-electron chi connectivity index (χ0n) is 10.3. The lowest BCUT2D eigenvalue weighted by molar-refractivity contribution is 0.0963. The van der Waals surface area contributed by atoms with Crippen molar-refractivity contribution in [2.45, 2.75) is 19.4 Å². The van der Waals surface area contributed by atoms with Crippen molar-refractivity contribution < 1.29 is 4.74 Å². The summed E-state index contributed by atoms with van der Waals surface area (Å²) in [7, 11) is 1.77. The normalized spacial score (nSPS) is 18.4. The number of nitrogens with zero attached hydrogens (tertiary/aromatic N) is 3. The average molecular weight is 236 g/mol. The van der Waals surface area contributed by atoms with Gasteiger partial charge in [0, 0.05) is 20.3 Å². The van der Waals surface area contributed by atoms with Crippen LogP contribution in [-0.2, 0) is 11.3 Å². The molecule has 2 N–H and O–H groups in total. The molecule has 0 atom stereocenters. The average Bonchev–Trinajstić information content (AvgIpc) is 2.35. The third kappa shape index (κ3) is 3.64. The fourth-order valence-electron chi connectivity index (χ4n) is 2.22. The van der Waals surface area contributed by atoms with Gasteiger partial charge in [-0.2, -0.15) is 0 Å². The molecule has 1 saturated heterocycles. The Hall–Kier alpha value is -1.20. The van der Waals surface area contributed by atoms with Crippen LogP contribution in [0.5, 0.6) is 0 Å². The number of likely N-dealkylation sites (tertiary alicyclic amines) is 1. The third-order valence-electron chi connectivity index (χ3n) is 3.22. The van der Waals surface area contributed by atoms with Gasteiger partial charge in [-0.3, -0.25) is 9.88 Å². The number of rotatable bonds is 4. The SMILES string of the molecule is COCC1CCN(Cc2cnc(N)cn2)CC1. The molecule has 1 aliphatic rings. The fraction of sp³-hybridized carbons (Fsp3) is 0.667. The van der Waals surface area contributed by atoms with Gasteiger partial charge in [0.15, 0.2) is 0 Å². The zero-order valence-corrected chi connectivity index (χ0v) is 10.3. The van der Waals surface area contributed by atoms with Crippen molar-refractivity contribution in [2.24, 2.45) is 5.92 Å². The van der Waals surface area contributed by atoms with E-state index in [1.165, 1.54) is 12.8 Å². The highest BCUT2D eigenvalue weighted by molar-refractivity contribution is 5.22. The van der Waals surface area contributed by atoms with Crippen LogP contribution < -0.4 is 5.73 Å². The van der Waals surface area contributed by atoms with Crippen LogP contribution in [0.25, 0.3) is 0 Å². The standard InChI is InChI=1S/C12H20N4O/c1-17-9-10-2-4-16(5-3-10)8-11-6-15-12(13)7-14-11/h6-7,10H,2-5,8-9H2,1H3,(H2,13,15). The van der Waals surface area contributed by atoms with Crippen molar-refractivity contribution in [1.29, 1.82) is 0 Å². The molecular weight excluding hydrogens is 216 g/mol. The van der Waals surface area contributed by atoms with E-state index in [0.29, 0.717) is 11.7 Å². The molecule has 1 aliphatic heterocycles. The van der Waals surface area contributed by atoms with E-state index in [9.17, 15) is 0 Å². The first-order valence-corrected chi connectivity index (χ1v) is 6.05. The Morgan fingerprint density at radius 3 is 2.71 bits per heavy atom. The number of methoxy groups -OCH3 is 1. The summed E-state index contributed by atoms with van der Waals surface area (Å²) >= 11 is 0. The summed E-state index contributed by atoms with van der Waals surface area (Å²) in [6.45, 7) is 3.97. The first-order chi connectivity index (χ1) is 8.28. The van der Waals surface area contributed by atoms with E-state index in [-0.39, 0.29) is 0 Å². The molecule has 0 saturated carbocycles. The van der Waals surface area contributed by atoms with Gasteiger partial charge in [-0.05, 0) is 31.8 Å². The molecule has 2 rings (SSSR count). The van der Waals surface area contributed by atoms with Crippen molar-refractivity contribution in [3.05, 3.63) is 18.1 Å². The van der Waals surface area contributed by atoms with Gasteiger partial charge in [-0.1, -0.05) is 0 Å². The minimum absolute atomic E-state index is 0.479. The molecule has 0 bridgehead atoms. The Kier molecular flexibility index (Phi) is 4.28. The topological polar surface area (TPSA) is 64.3 Å². The van der Waals surface area contributed by atoms with Crippen LogP contribution in [0.2, 0.25) is 0 Å². The molecule has 1 aromatic heterocycles. The van der Waals surface area contributed by atoms with E-state index in [1.54, 1.807) is 19.5 Å². The molecule has 0 spiro atoms. The molecule has 5 nitrogen and oxygen atoms in total. The van der Waals surface area contributed by atoms with Crippen LogP contribution in [0.15, 0.2) is 12.4 Å². The quantitative estimate of drug-likeness (QED) is 0.842. The summed E-state index contributed by atoms with van der Waals surface area (Å²) in [6.07, 6.45) is 5.79. The molecule has 0 aromatic carbocycles. The molecular formula is C12H20N4O. The molecule has 2 heterocycles. The van der Waals surface area contributed by atoms with Crippen LogP contribution in [0.3, 0.4) is 0 Å². The van der Waals surface area contributed by atoms with Gasteiger partial charge in [-0.15, -0.1) is 0 Å². The molecule has 0 aliphatic carbocycles. The predicted octanol–water partition coefficient (Wildman–Crippen LogP) is 0.917. The largest absolute Gasteiger partial charge is 0.384 e. The fourth-order valence-corrected chi connectivity index (χ4v) is 2.22. The van der Waals surface area contributed by atoms with Crippen molar-refractivity contribution in [2.75, 3.05) is 32.5 Å². The minimum Gasteiger partial charge on any atom is -0.384 e. The van der Waals surface area contributed by atoms with Gasteiger partial charge in [0.25, 0.3) is 0 Å². The van der Waals surface area contributed by atoms with Crippen LogP contribution in [0.1, 0.15) is 18.5 Å². The van der Waals surface area contributed by atoms with Crippen molar-refractivity contribution in [3.63, 3.8) is 0 Å². The predicted molar refractivity (Wildman–Crippen MR) is 66.3 cm³/mol. The van der Waals surface area contributed by atoms with Crippen molar-refractivity contribution >= 4 is 5.82 Å². The molecule has 94 valence electrons. The number of aromatic nitrogens is 2. The monoisotopic (exact) mass is 236 g/mol. The molecule has 0 unspecified atom stereocenters. The summed E-state index contributed by atoms with van der Waals surface area (Å²) in [6, 6.07) is 0. The van der Waals surface area contributed by atoms with E-state index in [2.05, 4.69) is 14.9 Å². The number of hydrogen-bond acceptors (Lipinski definition) is 5. The number of ether oxygens (including phenoxy) is 1. The number of nitrogen functional groups attached to an aromatic ring is 1. The minimum atomic E-state index is 0.479. The van der Waals surface area contributed by atoms with E-state index in [4.69, 9.17) is 10.5 Å². The lowest BCUT2D eigenvalue weighted by Crippen LogP contribution is -2.34. The van der Waals surface area contributed by atoms with Gasteiger partial charge >= 0.3 is 0 Å². The van der Waals surface area contributed by atoms with Gasteiger partial charge in [-0.25, -0.2) is 4.98 Å². The Balaban J connectivity index is 1.79. The van der Waals surface area contributed by atoms with Crippen molar-refractivity contribution in [1.82, 2.24) is 14.9 Å². The first kappa shape index (κ1) is 12.3. The Labute approximate surface area is 102 Å². The van der Waals surface area contributed by atoms with Crippen molar-refractivity contribution in [3.8, 4) is 0 Å². The van der Waals surface area contributed by atoms with Gasteiger partial charge < -0.3 is 10.5 Å². The second kappa shape index (κ2) is 5.93. The molecule has 5 heteroatoms. The van der Waals surface area contributed by atoms with E-state index >= 15 is 0 Å². The van der Waals surface area contributed by atoms with Crippen LogP contribution in [-0.4, -0.2) is 41.7 Å². The number of anilines is 1. The smallest absolute Gasteiger partial charge is 0.141 e.